The van der Waals surface area contributed by atoms with Gasteiger partial charge in [0.15, 0.2) is 24.8 Å². The molecule has 0 saturated carbocycles. The number of methoxy groups -OCH3 is 1. The van der Waals surface area contributed by atoms with Crippen LogP contribution in [0.4, 0.5) is 5.82 Å². The van der Waals surface area contributed by atoms with Crippen molar-refractivity contribution in [1.29, 1.82) is 0 Å². The number of thiazole rings is 1. The van der Waals surface area contributed by atoms with Crippen LogP contribution in [0.5, 0.6) is 0 Å². The van der Waals surface area contributed by atoms with E-state index in [-0.39, 0.29) is 5.04 Å². The number of nitrogens with one attached hydrogen (secondary N) is 1. The molecule has 29 heavy (non-hydrogen) atoms. The number of aromatic amines is 1. The van der Waals surface area contributed by atoms with Crippen LogP contribution in [0, 0.1) is 0 Å². The molecule has 0 atom stereocenters. The van der Waals surface area contributed by atoms with Crippen molar-refractivity contribution in [2.75, 3.05) is 7.11 Å². The number of H-pyrrole nitrogens is 1. The van der Waals surface area contributed by atoms with Crippen molar-refractivity contribution in [2.45, 2.75) is 52.2 Å². The SMILES string of the molecule is COCn1ccsc1=Nc1cc(-c2nnn[nH]2)cc(CO[Si](C)(C)C(C)(C)C)n1. The summed E-state index contributed by atoms with van der Waals surface area (Å²) in [5, 5.41) is 16.3. The van der Waals surface area contributed by atoms with E-state index in [2.05, 4.69) is 54.5 Å². The number of hydrogen-bond donors (Lipinski definition) is 1. The maximum absolute atomic E-state index is 6.36. The summed E-state index contributed by atoms with van der Waals surface area (Å²) < 4.78 is 13.5. The fraction of sp³-hybridized carbons (Fsp3) is 0.500. The molecular formula is C18H27N7O2SSi. The summed E-state index contributed by atoms with van der Waals surface area (Å²) in [5.74, 6) is 1.13. The molecule has 3 heterocycles. The van der Waals surface area contributed by atoms with E-state index >= 15 is 0 Å². The van der Waals surface area contributed by atoms with Gasteiger partial charge in [0.2, 0.25) is 0 Å². The van der Waals surface area contributed by atoms with Gasteiger partial charge in [0.05, 0.1) is 12.3 Å². The van der Waals surface area contributed by atoms with Gasteiger partial charge in [-0.2, -0.15) is 0 Å². The van der Waals surface area contributed by atoms with E-state index in [1.807, 2.05) is 28.3 Å². The van der Waals surface area contributed by atoms with E-state index in [0.29, 0.717) is 25.0 Å². The highest BCUT2D eigenvalue weighted by molar-refractivity contribution is 7.07. The van der Waals surface area contributed by atoms with Gasteiger partial charge in [-0.1, -0.05) is 20.8 Å². The number of tetrazole rings is 1. The second-order valence-corrected chi connectivity index (χ2v) is 13.9. The Morgan fingerprint density at radius 3 is 2.72 bits per heavy atom. The highest BCUT2D eigenvalue weighted by Gasteiger charge is 2.37. The minimum atomic E-state index is -1.91. The van der Waals surface area contributed by atoms with Crippen LogP contribution < -0.4 is 4.80 Å². The molecule has 0 spiro atoms. The molecule has 0 aliphatic heterocycles. The molecule has 0 aromatic carbocycles. The molecule has 3 aromatic heterocycles. The van der Waals surface area contributed by atoms with Crippen LogP contribution in [0.1, 0.15) is 26.5 Å². The first-order valence-electron chi connectivity index (χ1n) is 9.26. The van der Waals surface area contributed by atoms with Crippen molar-refractivity contribution in [3.05, 3.63) is 34.2 Å². The average molecular weight is 434 g/mol. The first-order valence-corrected chi connectivity index (χ1v) is 13.0. The predicted octanol–water partition coefficient (Wildman–Crippen LogP) is 3.48. The van der Waals surface area contributed by atoms with Crippen molar-refractivity contribution >= 4 is 25.5 Å². The Morgan fingerprint density at radius 2 is 2.07 bits per heavy atom. The van der Waals surface area contributed by atoms with Crippen LogP contribution >= 0.6 is 11.3 Å². The molecule has 0 aliphatic carbocycles. The zero-order valence-corrected chi connectivity index (χ0v) is 19.4. The van der Waals surface area contributed by atoms with Crippen LogP contribution in [0.2, 0.25) is 18.1 Å². The lowest BCUT2D eigenvalue weighted by molar-refractivity contribution is 0.129. The lowest BCUT2D eigenvalue weighted by atomic mass is 10.2. The van der Waals surface area contributed by atoms with E-state index in [9.17, 15) is 0 Å². The minimum Gasteiger partial charge on any atom is -0.411 e. The number of hydrogen-bond acceptors (Lipinski definition) is 8. The third kappa shape index (κ3) is 5.24. The second-order valence-electron chi connectivity index (χ2n) is 8.19. The standard InChI is InChI=1S/C18H27N7O2SSi/c1-18(2,3)29(5,6)27-11-14-9-13(16-21-23-24-22-16)10-15(19-14)20-17-25(12-26-4)7-8-28-17/h7-10H,11-12H2,1-6H3,(H,21,22,23,24). The summed E-state index contributed by atoms with van der Waals surface area (Å²) in [6.45, 7) is 11.9. The van der Waals surface area contributed by atoms with Crippen LogP contribution in [0.25, 0.3) is 11.4 Å². The molecule has 0 saturated heterocycles. The van der Waals surface area contributed by atoms with Crippen LogP contribution in [0.3, 0.4) is 0 Å². The Hall–Kier alpha value is -2.21. The molecule has 0 fully saturated rings. The molecule has 11 heteroatoms. The van der Waals surface area contributed by atoms with Crippen LogP contribution in [0.15, 0.2) is 28.7 Å². The maximum Gasteiger partial charge on any atom is 0.193 e. The van der Waals surface area contributed by atoms with Crippen molar-refractivity contribution in [3.8, 4) is 11.4 Å². The number of rotatable bonds is 7. The topological polar surface area (TPSA) is 103 Å². The summed E-state index contributed by atoms with van der Waals surface area (Å²) in [5.41, 5.74) is 1.60. The van der Waals surface area contributed by atoms with E-state index in [1.165, 1.54) is 11.3 Å². The summed E-state index contributed by atoms with van der Waals surface area (Å²) >= 11 is 1.52. The van der Waals surface area contributed by atoms with E-state index in [1.54, 1.807) is 7.11 Å². The van der Waals surface area contributed by atoms with Crippen molar-refractivity contribution in [2.24, 2.45) is 4.99 Å². The first-order chi connectivity index (χ1) is 13.7. The van der Waals surface area contributed by atoms with Gasteiger partial charge in [-0.3, -0.25) is 4.57 Å². The number of ether oxygens (including phenoxy) is 1. The summed E-state index contributed by atoms with van der Waals surface area (Å²) in [4.78, 5) is 10.2. The summed E-state index contributed by atoms with van der Waals surface area (Å²) in [7, 11) is -0.256. The average Bonchev–Trinajstić information content (AvgIpc) is 3.32. The highest BCUT2D eigenvalue weighted by Crippen LogP contribution is 2.37. The van der Waals surface area contributed by atoms with Gasteiger partial charge in [0.25, 0.3) is 0 Å². The Balaban J connectivity index is 1.98. The number of aromatic nitrogens is 6. The third-order valence-corrected chi connectivity index (χ3v) is 10.3. The minimum absolute atomic E-state index is 0.120. The zero-order valence-electron chi connectivity index (χ0n) is 17.6. The molecule has 0 bridgehead atoms. The molecule has 3 aromatic rings. The molecule has 9 nitrogen and oxygen atoms in total. The molecule has 0 amide bonds. The molecule has 0 aliphatic rings. The largest absolute Gasteiger partial charge is 0.411 e. The second kappa shape index (κ2) is 8.65. The van der Waals surface area contributed by atoms with Crippen LogP contribution in [-0.4, -0.2) is 45.6 Å². The van der Waals surface area contributed by atoms with E-state index in [0.717, 1.165) is 16.1 Å². The fourth-order valence-corrected chi connectivity index (χ4v) is 3.98. The third-order valence-electron chi connectivity index (χ3n) is 5.01. The van der Waals surface area contributed by atoms with Gasteiger partial charge >= 0.3 is 0 Å². The van der Waals surface area contributed by atoms with E-state index in [4.69, 9.17) is 19.1 Å². The van der Waals surface area contributed by atoms with Gasteiger partial charge in [-0.25, -0.2) is 15.1 Å². The first kappa shape index (κ1) is 21.5. The Morgan fingerprint density at radius 1 is 1.28 bits per heavy atom. The zero-order chi connectivity index (χ0) is 21.1. The molecule has 0 unspecified atom stereocenters. The Labute approximate surface area is 175 Å². The van der Waals surface area contributed by atoms with E-state index < -0.39 is 8.32 Å². The molecule has 1 N–H and O–H groups in total. The van der Waals surface area contributed by atoms with Crippen molar-refractivity contribution < 1.29 is 9.16 Å². The Kier molecular flexibility index (Phi) is 6.41. The van der Waals surface area contributed by atoms with Gasteiger partial charge < -0.3 is 9.16 Å². The lowest BCUT2D eigenvalue weighted by Gasteiger charge is -2.36. The number of pyridine rings is 1. The summed E-state index contributed by atoms with van der Waals surface area (Å²) in [6, 6.07) is 3.79. The van der Waals surface area contributed by atoms with Gasteiger partial charge in [-0.15, -0.1) is 16.4 Å². The maximum atomic E-state index is 6.36. The highest BCUT2D eigenvalue weighted by atomic mass is 32.1. The molecular weight excluding hydrogens is 406 g/mol. The normalized spacial score (nSPS) is 13.2. The summed E-state index contributed by atoms with van der Waals surface area (Å²) in [6.07, 6.45) is 1.93. The van der Waals surface area contributed by atoms with Gasteiger partial charge in [0, 0.05) is 24.3 Å². The van der Waals surface area contributed by atoms with Crippen molar-refractivity contribution in [3.63, 3.8) is 0 Å². The molecule has 3 rings (SSSR count). The van der Waals surface area contributed by atoms with Crippen LogP contribution in [-0.2, 0) is 22.5 Å². The fourth-order valence-electron chi connectivity index (χ4n) is 2.31. The lowest BCUT2D eigenvalue weighted by Crippen LogP contribution is -2.40. The Bertz CT molecular complexity index is 1010. The molecule has 0 radical (unpaired) electrons. The predicted molar refractivity (Wildman–Crippen MR) is 114 cm³/mol. The van der Waals surface area contributed by atoms with Gasteiger partial charge in [0.1, 0.15) is 6.73 Å². The monoisotopic (exact) mass is 433 g/mol. The number of nitrogens with zero attached hydrogens (tertiary/aromatic N) is 6. The van der Waals surface area contributed by atoms with Gasteiger partial charge in [-0.05, 0) is 40.7 Å². The molecule has 156 valence electrons. The van der Waals surface area contributed by atoms with Crippen molar-refractivity contribution in [1.82, 2.24) is 30.2 Å². The smallest absolute Gasteiger partial charge is 0.193 e. The quantitative estimate of drug-likeness (QED) is 0.572.